The standard InChI is InChI=1S/C8H14O3/c1-3-7(10)5-8(11)4-6(2)9/h4,7,10-11H,3,5H2,1-2H3/b8-4-. The maximum absolute atomic E-state index is 10.4. The number of carbonyl (C=O) groups excluding carboxylic acids is 1. The van der Waals surface area contributed by atoms with E-state index in [0.29, 0.717) is 6.42 Å². The van der Waals surface area contributed by atoms with Crippen molar-refractivity contribution in [2.75, 3.05) is 0 Å². The second-order valence-corrected chi connectivity index (χ2v) is 2.51. The van der Waals surface area contributed by atoms with E-state index in [2.05, 4.69) is 0 Å². The van der Waals surface area contributed by atoms with Crippen LogP contribution < -0.4 is 0 Å². The molecule has 0 spiro atoms. The van der Waals surface area contributed by atoms with Crippen LogP contribution in [0.3, 0.4) is 0 Å². The highest BCUT2D eigenvalue weighted by atomic mass is 16.3. The zero-order chi connectivity index (χ0) is 8.85. The van der Waals surface area contributed by atoms with Crippen molar-refractivity contribution in [1.82, 2.24) is 0 Å². The molecule has 1 unspecified atom stereocenters. The molecule has 0 aromatic carbocycles. The van der Waals surface area contributed by atoms with Crippen LogP contribution in [0.2, 0.25) is 0 Å². The minimum Gasteiger partial charge on any atom is -0.512 e. The highest BCUT2D eigenvalue weighted by Crippen LogP contribution is 2.04. The van der Waals surface area contributed by atoms with E-state index in [0.717, 1.165) is 6.08 Å². The maximum atomic E-state index is 10.4. The van der Waals surface area contributed by atoms with E-state index in [9.17, 15) is 4.79 Å². The molecular weight excluding hydrogens is 144 g/mol. The lowest BCUT2D eigenvalue weighted by Crippen LogP contribution is -2.06. The van der Waals surface area contributed by atoms with Gasteiger partial charge in [0.2, 0.25) is 0 Å². The van der Waals surface area contributed by atoms with Crippen molar-refractivity contribution in [3.05, 3.63) is 11.8 Å². The number of ketones is 1. The van der Waals surface area contributed by atoms with Gasteiger partial charge in [0.15, 0.2) is 5.78 Å². The number of allylic oxidation sites excluding steroid dienone is 1. The summed E-state index contributed by atoms with van der Waals surface area (Å²) in [6, 6.07) is 0. The van der Waals surface area contributed by atoms with Crippen molar-refractivity contribution in [2.45, 2.75) is 32.8 Å². The van der Waals surface area contributed by atoms with Gasteiger partial charge in [-0.05, 0) is 13.3 Å². The van der Waals surface area contributed by atoms with Gasteiger partial charge in [0.25, 0.3) is 0 Å². The predicted octanol–water partition coefficient (Wildman–Crippen LogP) is 1.18. The van der Waals surface area contributed by atoms with Gasteiger partial charge in [-0.2, -0.15) is 0 Å². The Morgan fingerprint density at radius 1 is 1.64 bits per heavy atom. The molecule has 64 valence electrons. The van der Waals surface area contributed by atoms with Crippen LogP contribution in [0.25, 0.3) is 0 Å². The second kappa shape index (κ2) is 4.91. The predicted molar refractivity (Wildman–Crippen MR) is 42.3 cm³/mol. The van der Waals surface area contributed by atoms with E-state index in [4.69, 9.17) is 10.2 Å². The first-order valence-corrected chi connectivity index (χ1v) is 3.64. The summed E-state index contributed by atoms with van der Waals surface area (Å²) in [7, 11) is 0. The quantitative estimate of drug-likeness (QED) is 0.477. The third-order valence-corrected chi connectivity index (χ3v) is 1.29. The Morgan fingerprint density at radius 3 is 2.55 bits per heavy atom. The van der Waals surface area contributed by atoms with Gasteiger partial charge < -0.3 is 10.2 Å². The molecule has 0 aliphatic carbocycles. The molecule has 0 aromatic heterocycles. The lowest BCUT2D eigenvalue weighted by Gasteiger charge is -2.04. The van der Waals surface area contributed by atoms with Crippen LogP contribution >= 0.6 is 0 Å². The molecule has 0 aliphatic rings. The zero-order valence-electron chi connectivity index (χ0n) is 6.87. The van der Waals surface area contributed by atoms with E-state index in [1.807, 2.05) is 6.92 Å². The van der Waals surface area contributed by atoms with E-state index < -0.39 is 6.10 Å². The Bertz CT molecular complexity index is 161. The summed E-state index contributed by atoms with van der Waals surface area (Å²) in [5, 5.41) is 18.0. The maximum Gasteiger partial charge on any atom is 0.155 e. The van der Waals surface area contributed by atoms with Crippen LogP contribution in [-0.4, -0.2) is 22.1 Å². The number of rotatable bonds is 4. The second-order valence-electron chi connectivity index (χ2n) is 2.51. The van der Waals surface area contributed by atoms with Gasteiger partial charge >= 0.3 is 0 Å². The Morgan fingerprint density at radius 2 is 2.18 bits per heavy atom. The zero-order valence-corrected chi connectivity index (χ0v) is 6.87. The van der Waals surface area contributed by atoms with E-state index in [1.165, 1.54) is 6.92 Å². The molecule has 0 radical (unpaired) electrons. The minimum absolute atomic E-state index is 0.0492. The molecule has 0 bridgehead atoms. The first-order valence-electron chi connectivity index (χ1n) is 3.64. The number of aliphatic hydroxyl groups is 2. The summed E-state index contributed by atoms with van der Waals surface area (Å²) in [6.07, 6.45) is 1.32. The monoisotopic (exact) mass is 158 g/mol. The van der Waals surface area contributed by atoms with Crippen LogP contribution in [0.1, 0.15) is 26.7 Å². The topological polar surface area (TPSA) is 57.5 Å². The average Bonchev–Trinajstić information content (AvgIpc) is 1.85. The Labute approximate surface area is 66.4 Å². The molecule has 0 amide bonds. The Hall–Kier alpha value is -0.830. The number of aliphatic hydroxyl groups excluding tert-OH is 2. The van der Waals surface area contributed by atoms with Crippen LogP contribution in [0.5, 0.6) is 0 Å². The van der Waals surface area contributed by atoms with Crippen molar-refractivity contribution < 1.29 is 15.0 Å². The smallest absolute Gasteiger partial charge is 0.155 e. The summed E-state index contributed by atoms with van der Waals surface area (Å²) >= 11 is 0. The van der Waals surface area contributed by atoms with Crippen LogP contribution in [-0.2, 0) is 4.79 Å². The number of carbonyl (C=O) groups is 1. The summed E-state index contributed by atoms with van der Waals surface area (Å²) in [4.78, 5) is 10.4. The number of hydrogen-bond donors (Lipinski definition) is 2. The highest BCUT2D eigenvalue weighted by molar-refractivity contribution is 5.87. The molecule has 0 aromatic rings. The van der Waals surface area contributed by atoms with Crippen LogP contribution in [0, 0.1) is 0 Å². The van der Waals surface area contributed by atoms with Gasteiger partial charge in [0.1, 0.15) is 0 Å². The van der Waals surface area contributed by atoms with Crippen molar-refractivity contribution in [3.63, 3.8) is 0 Å². The van der Waals surface area contributed by atoms with Crippen molar-refractivity contribution in [3.8, 4) is 0 Å². The molecular formula is C8H14O3. The fourth-order valence-electron chi connectivity index (χ4n) is 0.679. The molecule has 0 saturated carbocycles. The molecule has 3 heteroatoms. The van der Waals surface area contributed by atoms with Crippen LogP contribution in [0.4, 0.5) is 0 Å². The normalized spacial score (nSPS) is 14.6. The first kappa shape index (κ1) is 10.2. The van der Waals surface area contributed by atoms with E-state index in [-0.39, 0.29) is 18.0 Å². The third-order valence-electron chi connectivity index (χ3n) is 1.29. The largest absolute Gasteiger partial charge is 0.512 e. The SMILES string of the molecule is CCC(O)C/C(O)=C/C(C)=O. The van der Waals surface area contributed by atoms with E-state index >= 15 is 0 Å². The van der Waals surface area contributed by atoms with Crippen molar-refractivity contribution in [2.24, 2.45) is 0 Å². The molecule has 0 heterocycles. The van der Waals surface area contributed by atoms with Crippen molar-refractivity contribution in [1.29, 1.82) is 0 Å². The number of hydrogen-bond acceptors (Lipinski definition) is 3. The first-order chi connectivity index (χ1) is 5.06. The molecule has 0 aliphatic heterocycles. The summed E-state index contributed by atoms with van der Waals surface area (Å²) < 4.78 is 0. The molecule has 11 heavy (non-hydrogen) atoms. The Balaban J connectivity index is 3.85. The molecule has 0 fully saturated rings. The molecule has 0 rings (SSSR count). The molecule has 2 N–H and O–H groups in total. The van der Waals surface area contributed by atoms with Gasteiger partial charge in [-0.25, -0.2) is 0 Å². The fraction of sp³-hybridized carbons (Fsp3) is 0.625. The average molecular weight is 158 g/mol. The highest BCUT2D eigenvalue weighted by Gasteiger charge is 2.03. The summed E-state index contributed by atoms with van der Waals surface area (Å²) in [5.41, 5.74) is 0. The molecule has 0 saturated heterocycles. The van der Waals surface area contributed by atoms with Crippen LogP contribution in [0.15, 0.2) is 11.8 Å². The summed E-state index contributed by atoms with van der Waals surface area (Å²) in [6.45, 7) is 3.17. The molecule has 1 atom stereocenters. The molecule has 3 nitrogen and oxygen atoms in total. The Kier molecular flexibility index (Phi) is 4.54. The third kappa shape index (κ3) is 5.61. The van der Waals surface area contributed by atoms with Gasteiger partial charge in [0, 0.05) is 12.5 Å². The van der Waals surface area contributed by atoms with E-state index in [1.54, 1.807) is 0 Å². The lowest BCUT2D eigenvalue weighted by molar-refractivity contribution is -0.112. The van der Waals surface area contributed by atoms with Gasteiger partial charge in [-0.15, -0.1) is 0 Å². The van der Waals surface area contributed by atoms with Gasteiger partial charge in [-0.3, -0.25) is 4.79 Å². The lowest BCUT2D eigenvalue weighted by atomic mass is 10.1. The minimum atomic E-state index is -0.550. The van der Waals surface area contributed by atoms with Crippen molar-refractivity contribution >= 4 is 5.78 Å². The van der Waals surface area contributed by atoms with Gasteiger partial charge in [-0.1, -0.05) is 6.92 Å². The fourth-order valence-corrected chi connectivity index (χ4v) is 0.679. The summed E-state index contributed by atoms with van der Waals surface area (Å²) in [5.74, 6) is -0.252. The van der Waals surface area contributed by atoms with Gasteiger partial charge in [0.05, 0.1) is 11.9 Å².